The number of halogens is 1. The van der Waals surface area contributed by atoms with E-state index >= 15 is 0 Å². The molecule has 0 spiro atoms. The zero-order valence-electron chi connectivity index (χ0n) is 5.53. The summed E-state index contributed by atoms with van der Waals surface area (Å²) in [5, 5.41) is 4.02. The number of nitrogens with zero attached hydrogens (tertiary/aromatic N) is 3. The first-order valence-corrected chi connectivity index (χ1v) is 4.10. The minimum atomic E-state index is 0.517. The van der Waals surface area contributed by atoms with Gasteiger partial charge in [-0.1, -0.05) is 0 Å². The molecule has 0 atom stereocenters. The number of nitrogen functional groups attached to an aromatic ring is 1. The van der Waals surface area contributed by atoms with Crippen molar-refractivity contribution in [1.82, 2.24) is 14.6 Å². The zero-order valence-corrected chi connectivity index (χ0v) is 7.69. The predicted molar refractivity (Wildman–Crippen MR) is 50.1 cm³/mol. The second kappa shape index (κ2) is 2.33. The van der Waals surface area contributed by atoms with Gasteiger partial charge in [-0.2, -0.15) is 5.10 Å². The number of hydrogen-bond donors (Lipinski definition) is 1. The van der Waals surface area contributed by atoms with E-state index in [9.17, 15) is 0 Å². The molecule has 0 aromatic carbocycles. The summed E-state index contributed by atoms with van der Waals surface area (Å²) < 4.78 is 2.79. The van der Waals surface area contributed by atoms with Crippen LogP contribution in [0.1, 0.15) is 0 Å². The molecular weight excluding hydrogens is 255 g/mol. The van der Waals surface area contributed by atoms with Gasteiger partial charge in [0, 0.05) is 0 Å². The Labute approximate surface area is 76.6 Å². The van der Waals surface area contributed by atoms with E-state index in [0.717, 1.165) is 9.22 Å². The fraction of sp³-hybridized carbons (Fsp3) is 0. The number of aromatic nitrogens is 3. The van der Waals surface area contributed by atoms with Crippen LogP contribution in [0.4, 0.5) is 5.82 Å². The molecule has 0 aliphatic rings. The van der Waals surface area contributed by atoms with E-state index in [2.05, 4.69) is 32.7 Å². The van der Waals surface area contributed by atoms with Crippen LogP contribution in [-0.4, -0.2) is 14.6 Å². The van der Waals surface area contributed by atoms with Gasteiger partial charge in [-0.25, -0.2) is 9.50 Å². The van der Waals surface area contributed by atoms with Crippen LogP contribution in [0.2, 0.25) is 0 Å². The van der Waals surface area contributed by atoms with Crippen LogP contribution in [0.15, 0.2) is 18.5 Å². The lowest BCUT2D eigenvalue weighted by Gasteiger charge is -1.95. The molecule has 2 aromatic heterocycles. The molecule has 0 saturated carbocycles. The van der Waals surface area contributed by atoms with Crippen LogP contribution >= 0.6 is 22.6 Å². The Morgan fingerprint density at radius 3 is 3.00 bits per heavy atom. The van der Waals surface area contributed by atoms with Crippen molar-refractivity contribution in [1.29, 1.82) is 0 Å². The molecule has 0 aliphatic carbocycles. The van der Waals surface area contributed by atoms with Gasteiger partial charge in [-0.05, 0) is 34.7 Å². The Hall–Kier alpha value is -0.850. The maximum absolute atomic E-state index is 5.59. The molecule has 0 fully saturated rings. The van der Waals surface area contributed by atoms with E-state index in [1.54, 1.807) is 4.52 Å². The molecule has 0 amide bonds. The van der Waals surface area contributed by atoms with Gasteiger partial charge in [-0.15, -0.1) is 0 Å². The summed E-state index contributed by atoms with van der Waals surface area (Å²) in [6, 6.07) is 3.85. The lowest BCUT2D eigenvalue weighted by atomic mass is 10.5. The third kappa shape index (κ3) is 0.953. The Morgan fingerprint density at radius 2 is 2.27 bits per heavy atom. The molecule has 2 N–H and O–H groups in total. The van der Waals surface area contributed by atoms with Crippen molar-refractivity contribution in [2.75, 3.05) is 5.73 Å². The highest BCUT2D eigenvalue weighted by molar-refractivity contribution is 14.1. The van der Waals surface area contributed by atoms with E-state index in [-0.39, 0.29) is 0 Å². The minimum Gasteiger partial charge on any atom is -0.382 e. The van der Waals surface area contributed by atoms with Gasteiger partial charge in [0.2, 0.25) is 0 Å². The number of fused-ring (bicyclic) bond motifs is 1. The fourth-order valence-electron chi connectivity index (χ4n) is 0.921. The summed E-state index contributed by atoms with van der Waals surface area (Å²) in [6.45, 7) is 0. The summed E-state index contributed by atoms with van der Waals surface area (Å²) in [4.78, 5) is 3.86. The van der Waals surface area contributed by atoms with Gasteiger partial charge >= 0.3 is 0 Å². The number of hydrogen-bond acceptors (Lipinski definition) is 3. The van der Waals surface area contributed by atoms with E-state index in [1.807, 2.05) is 12.1 Å². The third-order valence-corrected chi connectivity index (χ3v) is 2.25. The lowest BCUT2D eigenvalue weighted by molar-refractivity contribution is 0.887. The summed E-state index contributed by atoms with van der Waals surface area (Å²) in [7, 11) is 0. The molecule has 4 nitrogen and oxygen atoms in total. The average Bonchev–Trinajstić information content (AvgIpc) is 2.35. The van der Waals surface area contributed by atoms with E-state index in [0.29, 0.717) is 5.82 Å². The molecule has 0 radical (unpaired) electrons. The second-order valence-corrected chi connectivity index (χ2v) is 3.20. The van der Waals surface area contributed by atoms with Crippen molar-refractivity contribution in [3.05, 3.63) is 22.2 Å². The van der Waals surface area contributed by atoms with Crippen molar-refractivity contribution >= 4 is 33.9 Å². The number of anilines is 1. The summed E-state index contributed by atoms with van der Waals surface area (Å²) in [6.07, 6.45) is 1.45. The van der Waals surface area contributed by atoms with Crippen LogP contribution in [0.25, 0.3) is 5.52 Å². The second-order valence-electron chi connectivity index (χ2n) is 2.10. The Kier molecular flexibility index (Phi) is 1.45. The first-order chi connectivity index (χ1) is 5.29. The number of nitrogens with two attached hydrogens (primary N) is 1. The molecule has 2 heterocycles. The van der Waals surface area contributed by atoms with Crippen molar-refractivity contribution in [3.63, 3.8) is 0 Å². The van der Waals surface area contributed by atoms with Gasteiger partial charge in [0.15, 0.2) is 5.82 Å². The minimum absolute atomic E-state index is 0.517. The van der Waals surface area contributed by atoms with Crippen LogP contribution in [0, 0.1) is 3.70 Å². The standard InChI is InChI=1S/C6H5IN4/c7-5-2-1-4-6(8)9-3-10-11(4)5/h1-3H,(H2,8,9,10). The lowest BCUT2D eigenvalue weighted by Crippen LogP contribution is -1.99. The quantitative estimate of drug-likeness (QED) is 0.716. The van der Waals surface area contributed by atoms with Gasteiger partial charge < -0.3 is 5.73 Å². The van der Waals surface area contributed by atoms with Crippen LogP contribution in [-0.2, 0) is 0 Å². The topological polar surface area (TPSA) is 56.2 Å². The highest BCUT2D eigenvalue weighted by Crippen LogP contribution is 2.13. The van der Waals surface area contributed by atoms with E-state index in [1.165, 1.54) is 6.33 Å². The zero-order chi connectivity index (χ0) is 7.84. The van der Waals surface area contributed by atoms with E-state index < -0.39 is 0 Å². The average molecular weight is 260 g/mol. The summed E-state index contributed by atoms with van der Waals surface area (Å²) in [5.41, 5.74) is 6.45. The Balaban J connectivity index is 2.94. The highest BCUT2D eigenvalue weighted by atomic mass is 127. The van der Waals surface area contributed by atoms with Crippen molar-refractivity contribution in [2.45, 2.75) is 0 Å². The predicted octanol–water partition coefficient (Wildman–Crippen LogP) is 0.916. The van der Waals surface area contributed by atoms with Crippen molar-refractivity contribution in [3.8, 4) is 0 Å². The van der Waals surface area contributed by atoms with Crippen molar-refractivity contribution < 1.29 is 0 Å². The monoisotopic (exact) mass is 260 g/mol. The van der Waals surface area contributed by atoms with Gasteiger partial charge in [0.25, 0.3) is 0 Å². The first kappa shape index (κ1) is 6.84. The molecule has 0 unspecified atom stereocenters. The first-order valence-electron chi connectivity index (χ1n) is 3.03. The van der Waals surface area contributed by atoms with Crippen molar-refractivity contribution in [2.24, 2.45) is 0 Å². The molecule has 5 heteroatoms. The Bertz CT molecular complexity index is 394. The van der Waals surface area contributed by atoms with Gasteiger partial charge in [0.05, 0.1) is 0 Å². The van der Waals surface area contributed by atoms with Gasteiger partial charge in [-0.3, -0.25) is 0 Å². The molecule has 56 valence electrons. The van der Waals surface area contributed by atoms with Crippen LogP contribution < -0.4 is 5.73 Å². The largest absolute Gasteiger partial charge is 0.382 e. The maximum atomic E-state index is 5.59. The van der Waals surface area contributed by atoms with Crippen LogP contribution in [0.3, 0.4) is 0 Å². The molecule has 0 bridgehead atoms. The molecule has 0 saturated heterocycles. The smallest absolute Gasteiger partial charge is 0.151 e. The maximum Gasteiger partial charge on any atom is 0.151 e. The summed E-state index contributed by atoms with van der Waals surface area (Å²) >= 11 is 2.19. The van der Waals surface area contributed by atoms with Gasteiger partial charge in [0.1, 0.15) is 15.5 Å². The van der Waals surface area contributed by atoms with E-state index in [4.69, 9.17) is 5.73 Å². The molecule has 2 aromatic rings. The number of rotatable bonds is 0. The fourth-order valence-corrected chi connectivity index (χ4v) is 1.49. The molecular formula is C6H5IN4. The summed E-state index contributed by atoms with van der Waals surface area (Å²) in [5.74, 6) is 0.517. The molecule has 2 rings (SSSR count). The third-order valence-electron chi connectivity index (χ3n) is 1.44. The van der Waals surface area contributed by atoms with Crippen LogP contribution in [0.5, 0.6) is 0 Å². The highest BCUT2D eigenvalue weighted by Gasteiger charge is 2.01. The Morgan fingerprint density at radius 1 is 1.45 bits per heavy atom. The molecule has 11 heavy (non-hydrogen) atoms. The SMILES string of the molecule is Nc1ncnn2c(I)ccc12. The normalized spacial score (nSPS) is 10.6. The molecule has 0 aliphatic heterocycles.